The summed E-state index contributed by atoms with van der Waals surface area (Å²) in [5.41, 5.74) is -6.49. The van der Waals surface area contributed by atoms with Crippen LogP contribution in [0.25, 0.3) is 0 Å². The molecule has 0 amide bonds. The number of benzene rings is 1. The molecular formula is C29H37FO7. The van der Waals surface area contributed by atoms with Crippen molar-refractivity contribution in [3.63, 3.8) is 0 Å². The number of fused-ring (bicyclic) bond motifs is 5. The molecule has 4 aliphatic carbocycles. The second-order valence-corrected chi connectivity index (χ2v) is 12.6. The van der Waals surface area contributed by atoms with Gasteiger partial charge in [-0.15, -0.1) is 0 Å². The Labute approximate surface area is 216 Å². The normalized spacial score (nSPS) is 45.9. The van der Waals surface area contributed by atoms with Crippen LogP contribution >= 0.6 is 0 Å². The maximum atomic E-state index is 17.4. The van der Waals surface area contributed by atoms with Gasteiger partial charge in [0.1, 0.15) is 23.2 Å². The van der Waals surface area contributed by atoms with E-state index in [1.807, 2.05) is 6.92 Å². The molecule has 4 saturated carbocycles. The SMILES string of the molecule is C[C@H]1C[C@H]2[C@@H]3CC[C@@H]4CC(=O)CC[C@]4(C)[C@@]3(F)[C@@H](O)C[C@]2(C)[C@@]1(O)C(=O)C(O)c1ccccc1C(=O)O. The summed E-state index contributed by atoms with van der Waals surface area (Å²) in [7, 11) is 0. The first kappa shape index (κ1) is 26.4. The zero-order chi connectivity index (χ0) is 27.1. The fraction of sp³-hybridized carbons (Fsp3) is 0.690. The fourth-order valence-electron chi connectivity index (χ4n) is 9.19. The van der Waals surface area contributed by atoms with E-state index < -0.39 is 63.8 Å². The molecule has 0 heterocycles. The minimum absolute atomic E-state index is 0.108. The summed E-state index contributed by atoms with van der Waals surface area (Å²) in [5, 5.41) is 44.3. The lowest BCUT2D eigenvalue weighted by Gasteiger charge is -2.65. The topological polar surface area (TPSA) is 132 Å². The van der Waals surface area contributed by atoms with E-state index >= 15 is 4.39 Å². The molecule has 0 radical (unpaired) electrons. The van der Waals surface area contributed by atoms with Gasteiger partial charge in [-0.1, -0.05) is 39.0 Å². The number of aromatic carboxylic acids is 1. The molecule has 4 N–H and O–H groups in total. The second-order valence-electron chi connectivity index (χ2n) is 12.6. The largest absolute Gasteiger partial charge is 0.478 e. The van der Waals surface area contributed by atoms with Crippen molar-refractivity contribution in [1.82, 2.24) is 0 Å². The van der Waals surface area contributed by atoms with Crippen molar-refractivity contribution >= 4 is 17.5 Å². The molecule has 5 rings (SSSR count). The summed E-state index contributed by atoms with van der Waals surface area (Å²) in [6.07, 6.45) is -1.10. The first-order valence-electron chi connectivity index (χ1n) is 13.4. The zero-order valence-electron chi connectivity index (χ0n) is 21.6. The molecule has 1 aromatic rings. The number of aliphatic hydroxyl groups excluding tert-OH is 2. The highest BCUT2D eigenvalue weighted by Gasteiger charge is 2.76. The Kier molecular flexibility index (Phi) is 6.02. The number of carbonyl (C=O) groups excluding carboxylic acids is 2. The number of carboxylic acid groups (broad SMARTS) is 1. The van der Waals surface area contributed by atoms with E-state index in [0.29, 0.717) is 32.1 Å². The van der Waals surface area contributed by atoms with E-state index in [9.17, 15) is 34.8 Å². The molecule has 4 aliphatic rings. The Morgan fingerprint density at radius 1 is 1.11 bits per heavy atom. The minimum Gasteiger partial charge on any atom is -0.478 e. The fourth-order valence-corrected chi connectivity index (χ4v) is 9.19. The van der Waals surface area contributed by atoms with Gasteiger partial charge in [0, 0.05) is 29.2 Å². The van der Waals surface area contributed by atoms with Crippen LogP contribution < -0.4 is 0 Å². The maximum Gasteiger partial charge on any atom is 0.336 e. The van der Waals surface area contributed by atoms with Gasteiger partial charge < -0.3 is 20.4 Å². The number of ketones is 2. The van der Waals surface area contributed by atoms with Crippen LogP contribution in [0.1, 0.15) is 87.7 Å². The van der Waals surface area contributed by atoms with Crippen LogP contribution in [0.15, 0.2) is 24.3 Å². The molecule has 37 heavy (non-hydrogen) atoms. The summed E-state index contributed by atoms with van der Waals surface area (Å²) < 4.78 is 17.4. The van der Waals surface area contributed by atoms with E-state index in [1.165, 1.54) is 24.3 Å². The first-order valence-corrected chi connectivity index (χ1v) is 13.4. The summed E-state index contributed by atoms with van der Waals surface area (Å²) >= 11 is 0. The van der Waals surface area contributed by atoms with Gasteiger partial charge in [0.2, 0.25) is 0 Å². The van der Waals surface area contributed by atoms with Gasteiger partial charge in [-0.05, 0) is 61.8 Å². The average Bonchev–Trinajstić information content (AvgIpc) is 3.05. The Bertz CT molecular complexity index is 1150. The molecule has 1 unspecified atom stereocenters. The Hall–Kier alpha value is -2.16. The van der Waals surface area contributed by atoms with E-state index in [0.717, 1.165) is 0 Å². The standard InChI is InChI=1S/C29H37FO7/c1-15-12-21-20-9-8-16-13-17(31)10-11-26(16,2)28(20,30)22(32)14-27(21,3)29(15,37)24(34)23(33)18-6-4-5-7-19(18)25(35)36/h4-7,15-16,20-23,32-33,37H,8-14H2,1-3H3,(H,35,36)/t15-,16+,20-,21-,22-,23?,26-,27-,28-,29-/m0/s1. The number of aliphatic hydroxyl groups is 3. The van der Waals surface area contributed by atoms with Crippen molar-refractivity contribution < 1.29 is 39.2 Å². The summed E-state index contributed by atoms with van der Waals surface area (Å²) in [6, 6.07) is 5.64. The van der Waals surface area contributed by atoms with Gasteiger partial charge >= 0.3 is 5.97 Å². The number of halogens is 1. The zero-order valence-corrected chi connectivity index (χ0v) is 21.6. The van der Waals surface area contributed by atoms with E-state index in [4.69, 9.17) is 0 Å². The Balaban J connectivity index is 1.54. The highest BCUT2D eigenvalue weighted by molar-refractivity contribution is 5.97. The van der Waals surface area contributed by atoms with Crippen molar-refractivity contribution in [2.45, 2.75) is 89.2 Å². The molecule has 0 bridgehead atoms. The third-order valence-electron chi connectivity index (χ3n) is 11.2. The van der Waals surface area contributed by atoms with Gasteiger partial charge in [-0.2, -0.15) is 0 Å². The number of rotatable bonds is 4. The predicted octanol–water partition coefficient (Wildman–Crippen LogP) is 3.64. The van der Waals surface area contributed by atoms with Crippen molar-refractivity contribution in [3.8, 4) is 0 Å². The first-order chi connectivity index (χ1) is 17.2. The molecule has 0 spiro atoms. The number of carbonyl (C=O) groups is 3. The van der Waals surface area contributed by atoms with Crippen molar-refractivity contribution in [2.75, 3.05) is 0 Å². The highest BCUT2D eigenvalue weighted by Crippen LogP contribution is 2.72. The number of carboxylic acids is 1. The molecule has 0 saturated heterocycles. The van der Waals surface area contributed by atoms with E-state index in [-0.39, 0.29) is 35.7 Å². The number of alkyl halides is 1. The molecule has 4 fully saturated rings. The van der Waals surface area contributed by atoms with Gasteiger partial charge in [0.15, 0.2) is 5.78 Å². The molecule has 1 aromatic carbocycles. The van der Waals surface area contributed by atoms with Gasteiger partial charge in [0.05, 0.1) is 11.7 Å². The molecule has 10 atom stereocenters. The van der Waals surface area contributed by atoms with E-state index in [1.54, 1.807) is 13.8 Å². The Morgan fingerprint density at radius 3 is 2.46 bits per heavy atom. The second kappa shape index (κ2) is 8.42. The Morgan fingerprint density at radius 2 is 1.78 bits per heavy atom. The predicted molar refractivity (Wildman–Crippen MR) is 131 cm³/mol. The smallest absolute Gasteiger partial charge is 0.336 e. The van der Waals surface area contributed by atoms with Crippen LogP contribution in [0.4, 0.5) is 4.39 Å². The minimum atomic E-state index is -2.09. The van der Waals surface area contributed by atoms with Crippen molar-refractivity contribution in [3.05, 3.63) is 35.4 Å². The van der Waals surface area contributed by atoms with Crippen LogP contribution in [-0.2, 0) is 9.59 Å². The van der Waals surface area contributed by atoms with Crippen molar-refractivity contribution in [1.29, 1.82) is 0 Å². The van der Waals surface area contributed by atoms with Gasteiger partial charge in [-0.25, -0.2) is 9.18 Å². The number of hydrogen-bond acceptors (Lipinski definition) is 6. The third-order valence-corrected chi connectivity index (χ3v) is 11.2. The molecule has 8 heteroatoms. The van der Waals surface area contributed by atoms with Gasteiger partial charge in [-0.3, -0.25) is 9.59 Å². The molecule has 0 aromatic heterocycles. The lowest BCUT2D eigenvalue weighted by molar-refractivity contribution is -0.255. The van der Waals surface area contributed by atoms with Crippen LogP contribution in [0.5, 0.6) is 0 Å². The lowest BCUT2D eigenvalue weighted by Crippen LogP contribution is -2.71. The molecule has 7 nitrogen and oxygen atoms in total. The summed E-state index contributed by atoms with van der Waals surface area (Å²) in [6.45, 7) is 5.26. The third kappa shape index (κ3) is 3.24. The monoisotopic (exact) mass is 516 g/mol. The van der Waals surface area contributed by atoms with Crippen LogP contribution in [-0.4, -0.2) is 55.3 Å². The molecular weight excluding hydrogens is 479 g/mol. The number of hydrogen-bond donors (Lipinski definition) is 4. The lowest BCUT2D eigenvalue weighted by atomic mass is 9.42. The highest BCUT2D eigenvalue weighted by atomic mass is 19.1. The summed E-state index contributed by atoms with van der Waals surface area (Å²) in [5.74, 6) is -3.92. The van der Waals surface area contributed by atoms with Crippen LogP contribution in [0, 0.1) is 34.5 Å². The maximum absolute atomic E-state index is 17.4. The van der Waals surface area contributed by atoms with Crippen LogP contribution in [0.2, 0.25) is 0 Å². The van der Waals surface area contributed by atoms with Gasteiger partial charge in [0.25, 0.3) is 0 Å². The molecule has 0 aliphatic heterocycles. The van der Waals surface area contributed by atoms with E-state index in [2.05, 4.69) is 0 Å². The van der Waals surface area contributed by atoms with Crippen LogP contribution in [0.3, 0.4) is 0 Å². The number of Topliss-reactive ketones (excluding diaryl/α,β-unsaturated/α-hetero) is 2. The quantitative estimate of drug-likeness (QED) is 0.480. The van der Waals surface area contributed by atoms with Crippen molar-refractivity contribution in [2.24, 2.45) is 34.5 Å². The summed E-state index contributed by atoms with van der Waals surface area (Å²) in [4.78, 5) is 37.8. The average molecular weight is 517 g/mol. The molecule has 202 valence electrons.